The van der Waals surface area contributed by atoms with Crippen LogP contribution in [0.15, 0.2) is 23.6 Å². The first-order valence-corrected chi connectivity index (χ1v) is 6.18. The van der Waals surface area contributed by atoms with Crippen molar-refractivity contribution in [1.29, 1.82) is 0 Å². The minimum Gasteiger partial charge on any atom is -0.476 e. The minimum atomic E-state index is -1.21. The van der Waals surface area contributed by atoms with Crippen LogP contribution in [0.2, 0.25) is 5.02 Å². The molecular weight excluding hydrogens is 295 g/mol. The maximum Gasteiger partial charge on any atom is 0.355 e. The fourth-order valence-corrected chi connectivity index (χ4v) is 2.14. The van der Waals surface area contributed by atoms with Crippen LogP contribution in [0.5, 0.6) is 0 Å². The average molecular weight is 301 g/mol. The van der Waals surface area contributed by atoms with E-state index in [1.807, 2.05) is 0 Å². The van der Waals surface area contributed by atoms with E-state index in [-0.39, 0.29) is 21.4 Å². The van der Waals surface area contributed by atoms with E-state index >= 15 is 0 Å². The van der Waals surface area contributed by atoms with Crippen molar-refractivity contribution in [3.8, 4) is 0 Å². The highest BCUT2D eigenvalue weighted by atomic mass is 35.5. The number of aromatic carboxylic acids is 1. The van der Waals surface area contributed by atoms with E-state index in [0.29, 0.717) is 0 Å². The molecule has 0 fully saturated rings. The van der Waals surface area contributed by atoms with E-state index in [1.54, 1.807) is 0 Å². The lowest BCUT2D eigenvalue weighted by atomic mass is 10.3. The highest BCUT2D eigenvalue weighted by Gasteiger charge is 2.15. The van der Waals surface area contributed by atoms with Gasteiger partial charge in [0.2, 0.25) is 0 Å². The predicted molar refractivity (Wildman–Crippen MR) is 68.4 cm³/mol. The molecule has 0 saturated heterocycles. The number of anilines is 1. The number of carboxylic acids is 1. The minimum absolute atomic E-state index is 0.0159. The first kappa shape index (κ1) is 13.4. The van der Waals surface area contributed by atoms with Gasteiger partial charge in [-0.1, -0.05) is 11.6 Å². The number of nitrogens with zero attached hydrogens (tertiary/aromatic N) is 1. The maximum absolute atomic E-state index is 12.8. The highest BCUT2D eigenvalue weighted by molar-refractivity contribution is 7.12. The number of rotatable bonds is 3. The number of halogens is 2. The third-order valence-electron chi connectivity index (χ3n) is 2.10. The van der Waals surface area contributed by atoms with E-state index < -0.39 is 17.7 Å². The second-order valence-electron chi connectivity index (χ2n) is 3.42. The van der Waals surface area contributed by atoms with Gasteiger partial charge in [0.05, 0.1) is 10.7 Å². The monoisotopic (exact) mass is 300 g/mol. The van der Waals surface area contributed by atoms with Gasteiger partial charge >= 0.3 is 5.97 Å². The zero-order valence-electron chi connectivity index (χ0n) is 9.18. The Kier molecular flexibility index (Phi) is 3.77. The second-order valence-corrected chi connectivity index (χ2v) is 4.69. The van der Waals surface area contributed by atoms with Crippen molar-refractivity contribution >= 4 is 40.5 Å². The predicted octanol–water partition coefficient (Wildman–Crippen LogP) is 2.89. The SMILES string of the molecule is O=C(O)c1csc(C(=O)Nc2ccc(F)cc2Cl)n1. The van der Waals surface area contributed by atoms with Gasteiger partial charge in [-0.05, 0) is 18.2 Å². The molecule has 0 unspecified atom stereocenters. The highest BCUT2D eigenvalue weighted by Crippen LogP contribution is 2.23. The summed E-state index contributed by atoms with van der Waals surface area (Å²) < 4.78 is 12.8. The van der Waals surface area contributed by atoms with Crippen LogP contribution in [0.3, 0.4) is 0 Å². The van der Waals surface area contributed by atoms with Crippen LogP contribution >= 0.6 is 22.9 Å². The molecular formula is C11H6ClFN2O3S. The van der Waals surface area contributed by atoms with Crippen molar-refractivity contribution in [2.75, 3.05) is 5.32 Å². The van der Waals surface area contributed by atoms with Gasteiger partial charge in [0, 0.05) is 5.38 Å². The van der Waals surface area contributed by atoms with E-state index in [1.165, 1.54) is 11.4 Å². The summed E-state index contributed by atoms with van der Waals surface area (Å²) in [6, 6.07) is 3.51. The summed E-state index contributed by atoms with van der Waals surface area (Å²) >= 11 is 6.64. The molecule has 1 amide bonds. The van der Waals surface area contributed by atoms with Crippen LogP contribution in [0.4, 0.5) is 10.1 Å². The van der Waals surface area contributed by atoms with Crippen LogP contribution in [-0.4, -0.2) is 22.0 Å². The summed E-state index contributed by atoms with van der Waals surface area (Å²) in [5, 5.41) is 12.4. The van der Waals surface area contributed by atoms with Crippen LogP contribution in [0.1, 0.15) is 20.3 Å². The van der Waals surface area contributed by atoms with Gasteiger partial charge in [0.15, 0.2) is 10.7 Å². The van der Waals surface area contributed by atoms with E-state index in [0.717, 1.165) is 23.5 Å². The van der Waals surface area contributed by atoms with Gasteiger partial charge in [0.1, 0.15) is 5.82 Å². The number of carbonyl (C=O) groups excluding carboxylic acids is 1. The van der Waals surface area contributed by atoms with Crippen molar-refractivity contribution < 1.29 is 19.1 Å². The van der Waals surface area contributed by atoms with Gasteiger partial charge in [-0.15, -0.1) is 11.3 Å². The number of amides is 1. The Bertz CT molecular complexity index is 659. The number of hydrogen-bond acceptors (Lipinski definition) is 4. The lowest BCUT2D eigenvalue weighted by Gasteiger charge is -2.05. The molecule has 1 aromatic carbocycles. The summed E-state index contributed by atoms with van der Waals surface area (Å²) in [5.74, 6) is -2.34. The fraction of sp³-hybridized carbons (Fsp3) is 0. The Morgan fingerprint density at radius 1 is 1.42 bits per heavy atom. The Balaban J connectivity index is 2.18. The lowest BCUT2D eigenvalue weighted by molar-refractivity contribution is 0.0691. The number of nitrogens with one attached hydrogen (secondary N) is 1. The number of aromatic nitrogens is 1. The van der Waals surface area contributed by atoms with Crippen LogP contribution in [0, 0.1) is 5.82 Å². The topological polar surface area (TPSA) is 79.3 Å². The molecule has 5 nitrogen and oxygen atoms in total. The van der Waals surface area contributed by atoms with Crippen molar-refractivity contribution in [3.05, 3.63) is 45.1 Å². The van der Waals surface area contributed by atoms with Gasteiger partial charge in [-0.2, -0.15) is 0 Å². The Hall–Kier alpha value is -1.99. The largest absolute Gasteiger partial charge is 0.476 e. The molecule has 0 aliphatic heterocycles. The molecule has 8 heteroatoms. The molecule has 19 heavy (non-hydrogen) atoms. The smallest absolute Gasteiger partial charge is 0.355 e. The average Bonchev–Trinajstić information content (AvgIpc) is 2.82. The van der Waals surface area contributed by atoms with Gasteiger partial charge in [-0.3, -0.25) is 4.79 Å². The van der Waals surface area contributed by atoms with Gasteiger partial charge < -0.3 is 10.4 Å². The van der Waals surface area contributed by atoms with E-state index in [9.17, 15) is 14.0 Å². The molecule has 0 radical (unpaired) electrons. The van der Waals surface area contributed by atoms with Crippen molar-refractivity contribution in [3.63, 3.8) is 0 Å². The molecule has 2 N–H and O–H groups in total. The van der Waals surface area contributed by atoms with Crippen molar-refractivity contribution in [2.24, 2.45) is 0 Å². The Morgan fingerprint density at radius 2 is 2.16 bits per heavy atom. The third kappa shape index (κ3) is 3.07. The van der Waals surface area contributed by atoms with Crippen LogP contribution < -0.4 is 5.32 Å². The maximum atomic E-state index is 12.8. The zero-order valence-corrected chi connectivity index (χ0v) is 10.8. The quantitative estimate of drug-likeness (QED) is 0.913. The molecule has 2 rings (SSSR count). The molecule has 1 aromatic heterocycles. The standard InChI is InChI=1S/C11H6ClFN2O3S/c12-6-3-5(13)1-2-7(6)14-9(16)10-15-8(4-19-10)11(17)18/h1-4H,(H,14,16)(H,17,18). The Morgan fingerprint density at radius 3 is 2.74 bits per heavy atom. The van der Waals surface area contributed by atoms with Gasteiger partial charge in [0.25, 0.3) is 5.91 Å². The summed E-state index contributed by atoms with van der Waals surface area (Å²) in [5.41, 5.74) is 0.0143. The molecule has 0 atom stereocenters. The molecule has 0 spiro atoms. The van der Waals surface area contributed by atoms with E-state index in [4.69, 9.17) is 16.7 Å². The normalized spacial score (nSPS) is 10.2. The molecule has 98 valence electrons. The first-order valence-electron chi connectivity index (χ1n) is 4.92. The molecule has 0 saturated carbocycles. The summed E-state index contributed by atoms with van der Waals surface area (Å²) in [6.07, 6.45) is 0. The number of hydrogen-bond donors (Lipinski definition) is 2. The molecule has 0 aliphatic rings. The van der Waals surface area contributed by atoms with Crippen molar-refractivity contribution in [2.45, 2.75) is 0 Å². The summed E-state index contributed by atoms with van der Waals surface area (Å²) in [4.78, 5) is 26.1. The summed E-state index contributed by atoms with van der Waals surface area (Å²) in [6.45, 7) is 0. The van der Waals surface area contributed by atoms with E-state index in [2.05, 4.69) is 10.3 Å². The number of carboxylic acid groups (broad SMARTS) is 1. The third-order valence-corrected chi connectivity index (χ3v) is 3.25. The lowest BCUT2D eigenvalue weighted by Crippen LogP contribution is -2.12. The second kappa shape index (κ2) is 5.33. The number of carbonyl (C=O) groups is 2. The number of thiazole rings is 1. The zero-order chi connectivity index (χ0) is 14.0. The molecule has 2 aromatic rings. The Labute approximate surface area is 115 Å². The molecule has 0 aliphatic carbocycles. The molecule has 1 heterocycles. The van der Waals surface area contributed by atoms with Crippen LogP contribution in [0.25, 0.3) is 0 Å². The van der Waals surface area contributed by atoms with Crippen molar-refractivity contribution in [1.82, 2.24) is 4.98 Å². The fourth-order valence-electron chi connectivity index (χ4n) is 1.24. The first-order chi connectivity index (χ1) is 8.97. The molecule has 0 bridgehead atoms. The number of benzene rings is 1. The van der Waals surface area contributed by atoms with Crippen LogP contribution in [-0.2, 0) is 0 Å². The summed E-state index contributed by atoms with van der Waals surface area (Å²) in [7, 11) is 0. The van der Waals surface area contributed by atoms with Gasteiger partial charge in [-0.25, -0.2) is 14.2 Å².